The third-order valence-corrected chi connectivity index (χ3v) is 4.07. The SMILES string of the molecule is CC1=NN(c2ccccc2)C(=O)C1=Cc1cc([N+](=O)[O-])ccc1N(C)C. The molecule has 0 saturated heterocycles. The van der Waals surface area contributed by atoms with Gasteiger partial charge in [0.05, 0.1) is 21.9 Å². The van der Waals surface area contributed by atoms with Crippen molar-refractivity contribution in [2.45, 2.75) is 6.92 Å². The third-order valence-electron chi connectivity index (χ3n) is 4.07. The van der Waals surface area contributed by atoms with E-state index in [9.17, 15) is 14.9 Å². The van der Waals surface area contributed by atoms with Crippen LogP contribution in [0.15, 0.2) is 59.2 Å². The van der Waals surface area contributed by atoms with Crippen molar-refractivity contribution in [1.29, 1.82) is 0 Å². The monoisotopic (exact) mass is 350 g/mol. The Balaban J connectivity index is 2.05. The minimum absolute atomic E-state index is 0.0256. The first-order valence-corrected chi connectivity index (χ1v) is 8.01. The first-order chi connectivity index (χ1) is 12.4. The fourth-order valence-electron chi connectivity index (χ4n) is 2.76. The van der Waals surface area contributed by atoms with Gasteiger partial charge in [-0.1, -0.05) is 18.2 Å². The van der Waals surface area contributed by atoms with Gasteiger partial charge in [0.2, 0.25) is 0 Å². The van der Waals surface area contributed by atoms with Crippen molar-refractivity contribution in [3.05, 3.63) is 69.8 Å². The zero-order valence-corrected chi connectivity index (χ0v) is 14.7. The largest absolute Gasteiger partial charge is 0.377 e. The normalized spacial score (nSPS) is 15.3. The van der Waals surface area contributed by atoms with Crippen LogP contribution in [0, 0.1) is 10.1 Å². The van der Waals surface area contributed by atoms with E-state index in [0.29, 0.717) is 22.5 Å². The van der Waals surface area contributed by atoms with E-state index < -0.39 is 4.92 Å². The molecular weight excluding hydrogens is 332 g/mol. The Morgan fingerprint density at radius 3 is 2.46 bits per heavy atom. The maximum Gasteiger partial charge on any atom is 0.280 e. The molecule has 0 spiro atoms. The zero-order valence-electron chi connectivity index (χ0n) is 14.7. The number of anilines is 2. The quantitative estimate of drug-likeness (QED) is 0.480. The molecule has 0 bridgehead atoms. The van der Waals surface area contributed by atoms with E-state index in [1.807, 2.05) is 37.2 Å². The van der Waals surface area contributed by atoms with Crippen LogP contribution in [0.1, 0.15) is 12.5 Å². The third kappa shape index (κ3) is 3.19. The van der Waals surface area contributed by atoms with Gasteiger partial charge in [0, 0.05) is 37.5 Å². The minimum atomic E-state index is -0.449. The Morgan fingerprint density at radius 2 is 1.85 bits per heavy atom. The number of nitro groups is 1. The van der Waals surface area contributed by atoms with Crippen LogP contribution in [-0.2, 0) is 4.79 Å². The predicted molar refractivity (Wildman–Crippen MR) is 102 cm³/mol. The Morgan fingerprint density at radius 1 is 1.15 bits per heavy atom. The van der Waals surface area contributed by atoms with E-state index in [2.05, 4.69) is 5.10 Å². The van der Waals surface area contributed by atoms with E-state index in [4.69, 9.17) is 0 Å². The van der Waals surface area contributed by atoms with Gasteiger partial charge in [-0.3, -0.25) is 14.9 Å². The molecule has 0 fully saturated rings. The molecule has 132 valence electrons. The zero-order chi connectivity index (χ0) is 18.8. The summed E-state index contributed by atoms with van der Waals surface area (Å²) in [6.45, 7) is 1.75. The molecule has 0 saturated carbocycles. The summed E-state index contributed by atoms with van der Waals surface area (Å²) in [6, 6.07) is 13.7. The molecule has 1 aliphatic rings. The lowest BCUT2D eigenvalue weighted by Gasteiger charge is -2.16. The molecule has 3 rings (SSSR count). The van der Waals surface area contributed by atoms with Gasteiger partial charge in [-0.25, -0.2) is 0 Å². The lowest BCUT2D eigenvalue weighted by atomic mass is 10.0. The molecule has 1 heterocycles. The van der Waals surface area contributed by atoms with Crippen LogP contribution >= 0.6 is 0 Å². The van der Waals surface area contributed by atoms with Crippen LogP contribution in [0.4, 0.5) is 17.1 Å². The van der Waals surface area contributed by atoms with Gasteiger partial charge >= 0.3 is 0 Å². The molecule has 0 aromatic heterocycles. The van der Waals surface area contributed by atoms with Gasteiger partial charge in [0.15, 0.2) is 0 Å². The highest BCUT2D eigenvalue weighted by Gasteiger charge is 2.29. The number of non-ortho nitro benzene ring substituents is 1. The number of benzene rings is 2. The van der Waals surface area contributed by atoms with E-state index in [1.54, 1.807) is 31.2 Å². The highest BCUT2D eigenvalue weighted by Crippen LogP contribution is 2.29. The maximum absolute atomic E-state index is 12.8. The fraction of sp³-hybridized carbons (Fsp3) is 0.158. The van der Waals surface area contributed by atoms with Gasteiger partial charge in [0.25, 0.3) is 11.6 Å². The summed E-state index contributed by atoms with van der Waals surface area (Å²) in [5, 5.41) is 16.8. The number of carbonyl (C=O) groups is 1. The number of nitro benzene ring substituents is 1. The van der Waals surface area contributed by atoms with Crippen molar-refractivity contribution < 1.29 is 9.72 Å². The summed E-state index contributed by atoms with van der Waals surface area (Å²) in [4.78, 5) is 25.3. The van der Waals surface area contributed by atoms with Crippen molar-refractivity contribution in [1.82, 2.24) is 0 Å². The maximum atomic E-state index is 12.8. The number of hydrogen-bond acceptors (Lipinski definition) is 5. The molecule has 2 aromatic rings. The Labute approximate surface area is 151 Å². The van der Waals surface area contributed by atoms with Crippen LogP contribution in [-0.4, -0.2) is 30.6 Å². The fourth-order valence-corrected chi connectivity index (χ4v) is 2.76. The van der Waals surface area contributed by atoms with E-state index >= 15 is 0 Å². The second-order valence-electron chi connectivity index (χ2n) is 6.09. The van der Waals surface area contributed by atoms with Gasteiger partial charge in [-0.2, -0.15) is 10.1 Å². The summed E-state index contributed by atoms with van der Waals surface area (Å²) in [5.74, 6) is -0.259. The van der Waals surface area contributed by atoms with Crippen LogP contribution in [0.3, 0.4) is 0 Å². The van der Waals surface area contributed by atoms with Crippen LogP contribution in [0.2, 0.25) is 0 Å². The molecule has 26 heavy (non-hydrogen) atoms. The lowest BCUT2D eigenvalue weighted by molar-refractivity contribution is -0.384. The second-order valence-corrected chi connectivity index (χ2v) is 6.09. The topological polar surface area (TPSA) is 79.0 Å². The summed E-state index contributed by atoms with van der Waals surface area (Å²) in [6.07, 6.45) is 1.66. The smallest absolute Gasteiger partial charge is 0.280 e. The van der Waals surface area contributed by atoms with Crippen LogP contribution in [0.5, 0.6) is 0 Å². The van der Waals surface area contributed by atoms with Crippen molar-refractivity contribution >= 4 is 34.8 Å². The average molecular weight is 350 g/mol. The lowest BCUT2D eigenvalue weighted by Crippen LogP contribution is -2.21. The van der Waals surface area contributed by atoms with Gasteiger partial charge in [0.1, 0.15) is 0 Å². The molecule has 7 heteroatoms. The number of rotatable bonds is 4. The van der Waals surface area contributed by atoms with E-state index in [1.165, 1.54) is 17.1 Å². The summed E-state index contributed by atoms with van der Waals surface area (Å²) in [5.41, 5.74) is 3.00. The molecule has 0 radical (unpaired) electrons. The summed E-state index contributed by atoms with van der Waals surface area (Å²) < 4.78 is 0. The van der Waals surface area contributed by atoms with E-state index in [-0.39, 0.29) is 11.6 Å². The van der Waals surface area contributed by atoms with Crippen molar-refractivity contribution in [2.75, 3.05) is 24.0 Å². The Hall–Kier alpha value is -3.48. The molecule has 2 aromatic carbocycles. The standard InChI is InChI=1S/C19H18N4O3/c1-13-17(19(24)22(20-13)15-7-5-4-6-8-15)12-14-11-16(23(25)26)9-10-18(14)21(2)3/h4-12H,1-3H3. The van der Waals surface area contributed by atoms with Crippen molar-refractivity contribution in [2.24, 2.45) is 5.10 Å². The van der Waals surface area contributed by atoms with Crippen LogP contribution in [0.25, 0.3) is 6.08 Å². The van der Waals surface area contributed by atoms with Crippen molar-refractivity contribution in [3.8, 4) is 0 Å². The molecule has 7 nitrogen and oxygen atoms in total. The Kier molecular flexibility index (Phi) is 4.53. The molecule has 0 atom stereocenters. The number of hydrogen-bond donors (Lipinski definition) is 0. The van der Waals surface area contributed by atoms with Crippen LogP contribution < -0.4 is 9.91 Å². The number of carbonyl (C=O) groups excluding carboxylic acids is 1. The van der Waals surface area contributed by atoms with E-state index in [0.717, 1.165) is 5.69 Å². The molecule has 1 amide bonds. The number of amides is 1. The van der Waals surface area contributed by atoms with Gasteiger partial charge < -0.3 is 4.90 Å². The van der Waals surface area contributed by atoms with Gasteiger partial charge in [-0.05, 0) is 31.2 Å². The number of para-hydroxylation sites is 1. The number of nitrogens with zero attached hydrogens (tertiary/aromatic N) is 4. The highest BCUT2D eigenvalue weighted by atomic mass is 16.6. The first kappa shape index (κ1) is 17.3. The first-order valence-electron chi connectivity index (χ1n) is 8.01. The average Bonchev–Trinajstić information content (AvgIpc) is 2.90. The summed E-state index contributed by atoms with van der Waals surface area (Å²) in [7, 11) is 3.69. The Bertz CT molecular complexity index is 933. The predicted octanol–water partition coefficient (Wildman–Crippen LogP) is 3.47. The minimum Gasteiger partial charge on any atom is -0.377 e. The molecule has 0 N–H and O–H groups in total. The van der Waals surface area contributed by atoms with Crippen molar-refractivity contribution in [3.63, 3.8) is 0 Å². The molecule has 0 aliphatic carbocycles. The highest BCUT2D eigenvalue weighted by molar-refractivity contribution is 6.32. The molecule has 0 unspecified atom stereocenters. The summed E-state index contributed by atoms with van der Waals surface area (Å²) >= 11 is 0. The second kappa shape index (κ2) is 6.79. The molecular formula is C19H18N4O3. The number of hydrazone groups is 1. The molecule has 1 aliphatic heterocycles. The van der Waals surface area contributed by atoms with Gasteiger partial charge in [-0.15, -0.1) is 0 Å².